The van der Waals surface area contributed by atoms with Crippen LogP contribution in [0, 0.1) is 0 Å². The number of sulfonamides is 1. The molecule has 0 radical (unpaired) electrons. The standard InChI is InChI=1S/C18H20Cl2N2O4S/c1-3-8-22(27(24,25)15-10-13(19)9-14(20)11-15)12-18(23)21-16-6-4-5-7-17(16)26-2/h4-7,9-11H,3,8,12H2,1-2H3,(H,21,23). The van der Waals surface area contributed by atoms with Crippen molar-refractivity contribution in [1.82, 2.24) is 4.31 Å². The highest BCUT2D eigenvalue weighted by molar-refractivity contribution is 7.89. The number of anilines is 1. The van der Waals surface area contributed by atoms with Gasteiger partial charge in [0.25, 0.3) is 0 Å². The lowest BCUT2D eigenvalue weighted by Crippen LogP contribution is -2.38. The maximum absolute atomic E-state index is 12.9. The Morgan fingerprint density at radius 2 is 1.78 bits per heavy atom. The van der Waals surface area contributed by atoms with E-state index < -0.39 is 15.9 Å². The van der Waals surface area contributed by atoms with Crippen molar-refractivity contribution in [2.45, 2.75) is 18.2 Å². The number of ether oxygens (including phenoxy) is 1. The minimum absolute atomic E-state index is 0.0569. The van der Waals surface area contributed by atoms with Gasteiger partial charge in [-0.15, -0.1) is 0 Å². The predicted molar refractivity (Wildman–Crippen MR) is 107 cm³/mol. The number of hydrogen-bond donors (Lipinski definition) is 1. The van der Waals surface area contributed by atoms with Crippen LogP contribution >= 0.6 is 23.2 Å². The monoisotopic (exact) mass is 430 g/mol. The molecule has 1 N–H and O–H groups in total. The maximum atomic E-state index is 12.9. The van der Waals surface area contributed by atoms with E-state index in [0.717, 1.165) is 4.31 Å². The summed E-state index contributed by atoms with van der Waals surface area (Å²) in [5.74, 6) is 0.00187. The molecule has 27 heavy (non-hydrogen) atoms. The summed E-state index contributed by atoms with van der Waals surface area (Å²) >= 11 is 11.8. The van der Waals surface area contributed by atoms with E-state index in [9.17, 15) is 13.2 Å². The largest absolute Gasteiger partial charge is 0.495 e. The summed E-state index contributed by atoms with van der Waals surface area (Å²) in [4.78, 5) is 12.4. The summed E-state index contributed by atoms with van der Waals surface area (Å²) in [6.45, 7) is 1.65. The third kappa shape index (κ3) is 5.59. The number of halogens is 2. The Kier molecular flexibility index (Phi) is 7.49. The number of nitrogens with zero attached hydrogens (tertiary/aromatic N) is 1. The van der Waals surface area contributed by atoms with Crippen molar-refractivity contribution >= 4 is 44.8 Å². The molecule has 6 nitrogen and oxygen atoms in total. The first-order chi connectivity index (χ1) is 12.8. The zero-order valence-corrected chi connectivity index (χ0v) is 17.2. The topological polar surface area (TPSA) is 75.7 Å². The quantitative estimate of drug-likeness (QED) is 0.685. The van der Waals surface area contributed by atoms with Gasteiger partial charge in [0.2, 0.25) is 15.9 Å². The van der Waals surface area contributed by atoms with Crippen molar-refractivity contribution in [3.63, 3.8) is 0 Å². The van der Waals surface area contributed by atoms with E-state index >= 15 is 0 Å². The third-order valence-corrected chi connectivity index (χ3v) is 5.91. The lowest BCUT2D eigenvalue weighted by atomic mass is 10.3. The molecule has 0 aliphatic carbocycles. The maximum Gasteiger partial charge on any atom is 0.243 e. The van der Waals surface area contributed by atoms with Gasteiger partial charge in [-0.1, -0.05) is 42.3 Å². The molecule has 0 spiro atoms. The lowest BCUT2D eigenvalue weighted by molar-refractivity contribution is -0.116. The molecule has 9 heteroatoms. The number of carbonyl (C=O) groups is 1. The zero-order chi connectivity index (χ0) is 20.0. The van der Waals surface area contributed by atoms with Crippen molar-refractivity contribution in [1.29, 1.82) is 0 Å². The molecular formula is C18H20Cl2N2O4S. The number of amides is 1. The van der Waals surface area contributed by atoms with E-state index in [2.05, 4.69) is 5.32 Å². The van der Waals surface area contributed by atoms with Crippen molar-refractivity contribution in [3.8, 4) is 5.75 Å². The van der Waals surface area contributed by atoms with Crippen LogP contribution in [-0.2, 0) is 14.8 Å². The van der Waals surface area contributed by atoms with Crippen LogP contribution in [0.3, 0.4) is 0 Å². The van der Waals surface area contributed by atoms with Crippen LogP contribution in [0.2, 0.25) is 10.0 Å². The number of nitrogens with one attached hydrogen (secondary N) is 1. The smallest absolute Gasteiger partial charge is 0.243 e. The third-order valence-electron chi connectivity index (χ3n) is 3.65. The number of methoxy groups -OCH3 is 1. The fourth-order valence-corrected chi connectivity index (χ4v) is 4.67. The van der Waals surface area contributed by atoms with Gasteiger partial charge in [-0.25, -0.2) is 8.42 Å². The molecule has 2 aromatic carbocycles. The average molecular weight is 431 g/mol. The van der Waals surface area contributed by atoms with E-state index in [1.165, 1.54) is 25.3 Å². The van der Waals surface area contributed by atoms with Gasteiger partial charge in [-0.3, -0.25) is 4.79 Å². The molecule has 0 atom stereocenters. The lowest BCUT2D eigenvalue weighted by Gasteiger charge is -2.21. The highest BCUT2D eigenvalue weighted by atomic mass is 35.5. The van der Waals surface area contributed by atoms with Crippen LogP contribution in [-0.4, -0.2) is 38.8 Å². The van der Waals surface area contributed by atoms with Crippen molar-refractivity contribution in [3.05, 3.63) is 52.5 Å². The number of benzene rings is 2. The van der Waals surface area contributed by atoms with Crippen molar-refractivity contribution in [2.75, 3.05) is 25.5 Å². The van der Waals surface area contributed by atoms with Gasteiger partial charge in [0.05, 0.1) is 24.2 Å². The summed E-state index contributed by atoms with van der Waals surface area (Å²) in [5, 5.41) is 3.08. The fourth-order valence-electron chi connectivity index (χ4n) is 2.46. The molecule has 0 aromatic heterocycles. The Bertz CT molecular complexity index is 899. The molecule has 0 saturated carbocycles. The molecule has 146 valence electrons. The van der Waals surface area contributed by atoms with Crippen LogP contribution in [0.15, 0.2) is 47.4 Å². The summed E-state index contributed by atoms with van der Waals surface area (Å²) in [5.41, 5.74) is 0.463. The van der Waals surface area contributed by atoms with Crippen LogP contribution in [0.25, 0.3) is 0 Å². The normalized spacial score (nSPS) is 11.4. The fraction of sp³-hybridized carbons (Fsp3) is 0.278. The number of hydrogen-bond acceptors (Lipinski definition) is 4. The van der Waals surface area contributed by atoms with Gasteiger partial charge in [0, 0.05) is 16.6 Å². The van der Waals surface area contributed by atoms with E-state index in [-0.39, 0.29) is 28.0 Å². The van der Waals surface area contributed by atoms with Gasteiger partial charge in [-0.05, 0) is 36.8 Å². The van der Waals surface area contributed by atoms with Crippen LogP contribution in [0.1, 0.15) is 13.3 Å². The molecular weight excluding hydrogens is 411 g/mol. The van der Waals surface area contributed by atoms with Crippen molar-refractivity contribution < 1.29 is 17.9 Å². The Balaban J connectivity index is 2.24. The molecule has 0 unspecified atom stereocenters. The molecule has 0 bridgehead atoms. The minimum atomic E-state index is -3.94. The SMILES string of the molecule is CCCN(CC(=O)Nc1ccccc1OC)S(=O)(=O)c1cc(Cl)cc(Cl)c1. The second kappa shape index (κ2) is 9.41. The second-order valence-corrected chi connectivity index (χ2v) is 8.50. The Morgan fingerprint density at radius 3 is 2.37 bits per heavy atom. The summed E-state index contributed by atoms with van der Waals surface area (Å²) < 4.78 is 32.2. The highest BCUT2D eigenvalue weighted by Gasteiger charge is 2.27. The first-order valence-corrected chi connectivity index (χ1v) is 10.4. The molecule has 2 rings (SSSR count). The molecule has 0 aliphatic rings. The van der Waals surface area contributed by atoms with E-state index in [4.69, 9.17) is 27.9 Å². The second-order valence-electron chi connectivity index (χ2n) is 5.69. The van der Waals surface area contributed by atoms with E-state index in [0.29, 0.717) is 17.9 Å². The molecule has 2 aromatic rings. The Labute approximate surface area is 169 Å². The molecule has 1 amide bonds. The van der Waals surface area contributed by atoms with Gasteiger partial charge < -0.3 is 10.1 Å². The molecule has 0 saturated heterocycles. The number of para-hydroxylation sites is 2. The average Bonchev–Trinajstić information content (AvgIpc) is 2.61. The van der Waals surface area contributed by atoms with Gasteiger partial charge in [0.1, 0.15) is 5.75 Å². The minimum Gasteiger partial charge on any atom is -0.495 e. The van der Waals surface area contributed by atoms with E-state index in [1.807, 2.05) is 6.92 Å². The number of carbonyl (C=O) groups excluding carboxylic acids is 1. The van der Waals surface area contributed by atoms with Crippen molar-refractivity contribution in [2.24, 2.45) is 0 Å². The molecule has 0 heterocycles. The Morgan fingerprint density at radius 1 is 1.15 bits per heavy atom. The van der Waals surface area contributed by atoms with Gasteiger partial charge in [0.15, 0.2) is 0 Å². The van der Waals surface area contributed by atoms with Crippen LogP contribution < -0.4 is 10.1 Å². The summed E-state index contributed by atoms with van der Waals surface area (Å²) in [6, 6.07) is 10.9. The predicted octanol–water partition coefficient (Wildman–Crippen LogP) is 4.04. The Hall–Kier alpha value is -1.80. The summed E-state index contributed by atoms with van der Waals surface area (Å²) in [6.07, 6.45) is 0.537. The number of rotatable bonds is 8. The first-order valence-electron chi connectivity index (χ1n) is 8.17. The zero-order valence-electron chi connectivity index (χ0n) is 14.9. The first kappa shape index (κ1) is 21.5. The summed E-state index contributed by atoms with van der Waals surface area (Å²) in [7, 11) is -2.45. The highest BCUT2D eigenvalue weighted by Crippen LogP contribution is 2.26. The molecule has 0 fully saturated rings. The molecule has 0 aliphatic heterocycles. The van der Waals surface area contributed by atoms with Crippen LogP contribution in [0.5, 0.6) is 5.75 Å². The van der Waals surface area contributed by atoms with E-state index in [1.54, 1.807) is 24.3 Å². The van der Waals surface area contributed by atoms with Gasteiger partial charge >= 0.3 is 0 Å². The van der Waals surface area contributed by atoms with Crippen LogP contribution in [0.4, 0.5) is 5.69 Å². The van der Waals surface area contributed by atoms with Gasteiger partial charge in [-0.2, -0.15) is 4.31 Å².